The Bertz CT molecular complexity index is 738. The number of pyridine rings is 1. The lowest BCUT2D eigenvalue weighted by Gasteiger charge is -2.29. The van der Waals surface area contributed by atoms with Gasteiger partial charge in [-0.25, -0.2) is 4.98 Å². The number of hydrogen-bond acceptors (Lipinski definition) is 5. The molecular weight excluding hydrogens is 384 g/mol. The number of carbonyl (C=O) groups is 3. The van der Waals surface area contributed by atoms with Gasteiger partial charge < -0.3 is 20.6 Å². The van der Waals surface area contributed by atoms with Gasteiger partial charge in [-0.2, -0.15) is 0 Å². The summed E-state index contributed by atoms with van der Waals surface area (Å²) in [6.45, 7) is 5.58. The average Bonchev–Trinajstić information content (AvgIpc) is 2.75. The van der Waals surface area contributed by atoms with Crippen molar-refractivity contribution in [3.05, 3.63) is 23.4 Å². The van der Waals surface area contributed by atoms with Gasteiger partial charge in [0.1, 0.15) is 12.4 Å². The summed E-state index contributed by atoms with van der Waals surface area (Å²) in [6, 6.07) is 4.24. The van der Waals surface area contributed by atoms with E-state index in [1.165, 1.54) is 10.5 Å². The number of aromatic nitrogens is 1. The second-order valence-electron chi connectivity index (χ2n) is 7.49. The van der Waals surface area contributed by atoms with Crippen molar-refractivity contribution in [1.82, 2.24) is 15.2 Å². The number of piperidine rings is 1. The van der Waals surface area contributed by atoms with Gasteiger partial charge >= 0.3 is 5.97 Å². The first-order valence-corrected chi connectivity index (χ1v) is 11.0. The van der Waals surface area contributed by atoms with E-state index in [0.29, 0.717) is 19.5 Å². The Labute approximate surface area is 178 Å². The molecule has 8 heteroatoms. The van der Waals surface area contributed by atoms with Crippen LogP contribution in [0.15, 0.2) is 12.1 Å². The molecule has 1 fully saturated rings. The number of carboxylic acids is 1. The molecule has 3 rings (SSSR count). The van der Waals surface area contributed by atoms with E-state index in [9.17, 15) is 14.4 Å². The number of aryl methyl sites for hydroxylation is 2. The van der Waals surface area contributed by atoms with Crippen molar-refractivity contribution in [2.45, 2.75) is 58.8 Å². The third kappa shape index (κ3) is 7.00. The monoisotopic (exact) mass is 418 g/mol. The van der Waals surface area contributed by atoms with Crippen LogP contribution in [0, 0.1) is 5.92 Å². The SMILES string of the molecule is CC.O=C(O)CN1CCC(C(=O)NCCCCc2ccc3c(n2)NCCC3)CC1=O. The topological polar surface area (TPSA) is 112 Å². The van der Waals surface area contributed by atoms with Crippen molar-refractivity contribution < 1.29 is 19.5 Å². The zero-order valence-corrected chi connectivity index (χ0v) is 18.1. The third-order valence-electron chi connectivity index (χ3n) is 5.33. The molecule has 1 saturated heterocycles. The molecule has 0 spiro atoms. The Morgan fingerprint density at radius 3 is 2.83 bits per heavy atom. The van der Waals surface area contributed by atoms with Crippen molar-refractivity contribution in [2.75, 3.05) is 31.5 Å². The van der Waals surface area contributed by atoms with E-state index in [0.717, 1.165) is 50.2 Å². The molecule has 0 bridgehead atoms. The van der Waals surface area contributed by atoms with Crippen LogP contribution in [0.25, 0.3) is 0 Å². The summed E-state index contributed by atoms with van der Waals surface area (Å²) in [6.07, 6.45) is 5.49. The minimum absolute atomic E-state index is 0.0885. The molecule has 3 N–H and O–H groups in total. The number of nitrogens with zero attached hydrogens (tertiary/aromatic N) is 2. The summed E-state index contributed by atoms with van der Waals surface area (Å²) in [5, 5.41) is 15.0. The van der Waals surface area contributed by atoms with Gasteiger partial charge in [0.25, 0.3) is 0 Å². The second-order valence-corrected chi connectivity index (χ2v) is 7.49. The van der Waals surface area contributed by atoms with Crippen molar-refractivity contribution in [1.29, 1.82) is 0 Å². The number of unbranched alkanes of at least 4 members (excludes halogenated alkanes) is 1. The fourth-order valence-corrected chi connectivity index (χ4v) is 3.73. The van der Waals surface area contributed by atoms with Crippen LogP contribution >= 0.6 is 0 Å². The molecule has 1 unspecified atom stereocenters. The molecule has 166 valence electrons. The Morgan fingerprint density at radius 2 is 2.10 bits per heavy atom. The highest BCUT2D eigenvalue weighted by Gasteiger charge is 2.31. The number of rotatable bonds is 8. The summed E-state index contributed by atoms with van der Waals surface area (Å²) in [5.41, 5.74) is 2.35. The third-order valence-corrected chi connectivity index (χ3v) is 5.33. The first-order valence-electron chi connectivity index (χ1n) is 11.0. The second kappa shape index (κ2) is 12.1. The summed E-state index contributed by atoms with van der Waals surface area (Å²) in [5.74, 6) is -0.748. The molecule has 3 heterocycles. The van der Waals surface area contributed by atoms with Crippen LogP contribution < -0.4 is 10.6 Å². The van der Waals surface area contributed by atoms with Gasteiger partial charge in [0.05, 0.1) is 0 Å². The molecule has 8 nitrogen and oxygen atoms in total. The maximum atomic E-state index is 12.2. The maximum absolute atomic E-state index is 12.2. The Hall–Kier alpha value is -2.64. The van der Waals surface area contributed by atoms with E-state index in [2.05, 4.69) is 27.8 Å². The van der Waals surface area contributed by atoms with E-state index in [1.54, 1.807) is 0 Å². The van der Waals surface area contributed by atoms with Gasteiger partial charge in [-0.3, -0.25) is 14.4 Å². The van der Waals surface area contributed by atoms with Gasteiger partial charge in [-0.1, -0.05) is 19.9 Å². The van der Waals surface area contributed by atoms with Crippen molar-refractivity contribution in [2.24, 2.45) is 5.92 Å². The van der Waals surface area contributed by atoms with Crippen LogP contribution in [0.5, 0.6) is 0 Å². The molecule has 1 aromatic rings. The molecule has 2 aliphatic rings. The molecule has 0 saturated carbocycles. The standard InChI is InChI=1S/C20H28N4O4.C2H6/c25-17-12-15(8-11-24(17)13-18(26)27)20(28)22-9-2-1-5-16-7-6-14-4-3-10-21-19(14)23-16;1-2/h6-7,15H,1-5,8-13H2,(H,21,23)(H,22,28)(H,26,27);1-2H3. The number of amides is 2. The van der Waals surface area contributed by atoms with E-state index >= 15 is 0 Å². The van der Waals surface area contributed by atoms with E-state index in [-0.39, 0.29) is 30.7 Å². The lowest BCUT2D eigenvalue weighted by molar-refractivity contribution is -0.147. The smallest absolute Gasteiger partial charge is 0.323 e. The zero-order chi connectivity index (χ0) is 21.9. The van der Waals surface area contributed by atoms with E-state index < -0.39 is 5.97 Å². The number of nitrogens with one attached hydrogen (secondary N) is 2. The van der Waals surface area contributed by atoms with Gasteiger partial charge in [0.2, 0.25) is 11.8 Å². The van der Waals surface area contributed by atoms with Gasteiger partial charge in [-0.15, -0.1) is 0 Å². The fraction of sp³-hybridized carbons (Fsp3) is 0.636. The van der Waals surface area contributed by atoms with Crippen LogP contribution in [0.3, 0.4) is 0 Å². The molecule has 2 aliphatic heterocycles. The lowest BCUT2D eigenvalue weighted by atomic mass is 9.95. The summed E-state index contributed by atoms with van der Waals surface area (Å²) >= 11 is 0. The van der Waals surface area contributed by atoms with Crippen LogP contribution in [0.2, 0.25) is 0 Å². The first-order chi connectivity index (χ1) is 14.5. The first kappa shape index (κ1) is 23.6. The summed E-state index contributed by atoms with van der Waals surface area (Å²) in [4.78, 5) is 40.9. The van der Waals surface area contributed by atoms with Gasteiger partial charge in [0, 0.05) is 37.7 Å². The summed E-state index contributed by atoms with van der Waals surface area (Å²) in [7, 11) is 0. The minimum Gasteiger partial charge on any atom is -0.480 e. The van der Waals surface area contributed by atoms with Crippen molar-refractivity contribution in [3.63, 3.8) is 0 Å². The minimum atomic E-state index is -1.03. The predicted octanol–water partition coefficient (Wildman–Crippen LogP) is 2.23. The molecule has 30 heavy (non-hydrogen) atoms. The average molecular weight is 419 g/mol. The molecule has 0 aliphatic carbocycles. The number of carbonyl (C=O) groups excluding carboxylic acids is 2. The van der Waals surface area contributed by atoms with Gasteiger partial charge in [-0.05, 0) is 50.2 Å². The zero-order valence-electron chi connectivity index (χ0n) is 18.1. The molecule has 1 atom stereocenters. The van der Waals surface area contributed by atoms with E-state index in [4.69, 9.17) is 5.11 Å². The van der Waals surface area contributed by atoms with Crippen LogP contribution in [0.4, 0.5) is 5.82 Å². The van der Waals surface area contributed by atoms with Gasteiger partial charge in [0.15, 0.2) is 0 Å². The quantitative estimate of drug-likeness (QED) is 0.558. The number of fused-ring (bicyclic) bond motifs is 1. The fourth-order valence-electron chi connectivity index (χ4n) is 3.73. The van der Waals surface area contributed by atoms with Crippen molar-refractivity contribution in [3.8, 4) is 0 Å². The predicted molar refractivity (Wildman–Crippen MR) is 115 cm³/mol. The Balaban J connectivity index is 0.00000155. The number of anilines is 1. The Kier molecular flexibility index (Phi) is 9.57. The van der Waals surface area contributed by atoms with Crippen LogP contribution in [0.1, 0.15) is 57.2 Å². The van der Waals surface area contributed by atoms with E-state index in [1.807, 2.05) is 13.8 Å². The highest BCUT2D eigenvalue weighted by Crippen LogP contribution is 2.20. The number of aliphatic carboxylic acids is 1. The highest BCUT2D eigenvalue weighted by molar-refractivity contribution is 5.88. The summed E-state index contributed by atoms with van der Waals surface area (Å²) < 4.78 is 0. The molecule has 0 radical (unpaired) electrons. The highest BCUT2D eigenvalue weighted by atomic mass is 16.4. The normalized spacial score (nSPS) is 17.9. The maximum Gasteiger partial charge on any atom is 0.323 e. The largest absolute Gasteiger partial charge is 0.480 e. The Morgan fingerprint density at radius 1 is 1.30 bits per heavy atom. The number of likely N-dealkylation sites (tertiary alicyclic amines) is 1. The molecule has 0 aromatic carbocycles. The lowest BCUT2D eigenvalue weighted by Crippen LogP contribution is -2.45. The number of hydrogen-bond donors (Lipinski definition) is 3. The van der Waals surface area contributed by atoms with Crippen LogP contribution in [-0.4, -0.2) is 59.0 Å². The van der Waals surface area contributed by atoms with Crippen molar-refractivity contribution >= 4 is 23.6 Å². The molecule has 1 aromatic heterocycles. The molecule has 2 amide bonds. The number of carboxylic acid groups (broad SMARTS) is 1. The van der Waals surface area contributed by atoms with Crippen LogP contribution in [-0.2, 0) is 27.2 Å². The molecular formula is C22H34N4O4.